The van der Waals surface area contributed by atoms with Crippen molar-refractivity contribution in [3.63, 3.8) is 0 Å². The van der Waals surface area contributed by atoms with Gasteiger partial charge in [-0.05, 0) is 24.0 Å². The van der Waals surface area contributed by atoms with Crippen molar-refractivity contribution in [3.8, 4) is 11.3 Å². The molecule has 0 aliphatic carbocycles. The van der Waals surface area contributed by atoms with Gasteiger partial charge in [-0.15, -0.1) is 12.4 Å². The van der Waals surface area contributed by atoms with E-state index in [4.69, 9.17) is 10.2 Å². The largest absolute Gasteiger partial charge is 0.460 e. The van der Waals surface area contributed by atoms with Crippen LogP contribution < -0.4 is 5.73 Å². The fourth-order valence-corrected chi connectivity index (χ4v) is 3.06. The molecule has 0 amide bonds. The summed E-state index contributed by atoms with van der Waals surface area (Å²) >= 11 is 0. The standard InChI is InChI=1S/C18H24N2O.ClH/c1-18(2)13-20(11-10-17(18)19)12-15-8-9-16(21-15)14-6-4-3-5-7-14;/h3-9,17H,10-13,19H2,1-2H3;1H. The summed E-state index contributed by atoms with van der Waals surface area (Å²) in [6.45, 7) is 7.44. The van der Waals surface area contributed by atoms with E-state index in [1.165, 1.54) is 0 Å². The highest BCUT2D eigenvalue weighted by Gasteiger charge is 2.33. The van der Waals surface area contributed by atoms with Gasteiger partial charge in [0.1, 0.15) is 11.5 Å². The SMILES string of the molecule is CC1(C)CN(Cc2ccc(-c3ccccc3)o2)CCC1N.Cl. The lowest BCUT2D eigenvalue weighted by atomic mass is 9.80. The Kier molecular flexibility index (Phi) is 5.32. The zero-order valence-corrected chi connectivity index (χ0v) is 14.1. The first-order valence-electron chi connectivity index (χ1n) is 7.67. The van der Waals surface area contributed by atoms with Gasteiger partial charge in [0.25, 0.3) is 0 Å². The first kappa shape index (κ1) is 17.1. The van der Waals surface area contributed by atoms with E-state index in [1.807, 2.05) is 18.2 Å². The van der Waals surface area contributed by atoms with Gasteiger partial charge in [-0.3, -0.25) is 4.90 Å². The average molecular weight is 321 g/mol. The van der Waals surface area contributed by atoms with Crippen LogP contribution in [0.3, 0.4) is 0 Å². The third-order valence-electron chi connectivity index (χ3n) is 4.49. The van der Waals surface area contributed by atoms with Gasteiger partial charge >= 0.3 is 0 Å². The Labute approximate surface area is 138 Å². The third-order valence-corrected chi connectivity index (χ3v) is 4.49. The normalized spacial score (nSPS) is 21.3. The minimum Gasteiger partial charge on any atom is -0.460 e. The third kappa shape index (κ3) is 3.72. The number of furan rings is 1. The zero-order chi connectivity index (χ0) is 14.9. The van der Waals surface area contributed by atoms with Crippen LogP contribution in [-0.4, -0.2) is 24.0 Å². The first-order valence-corrected chi connectivity index (χ1v) is 7.67. The molecule has 1 unspecified atom stereocenters. The average Bonchev–Trinajstić information content (AvgIpc) is 2.92. The molecule has 2 aromatic rings. The van der Waals surface area contributed by atoms with E-state index in [0.717, 1.165) is 43.1 Å². The lowest BCUT2D eigenvalue weighted by Crippen LogP contribution is -2.51. The Morgan fingerprint density at radius 2 is 1.91 bits per heavy atom. The van der Waals surface area contributed by atoms with Crippen molar-refractivity contribution in [1.82, 2.24) is 4.90 Å². The van der Waals surface area contributed by atoms with Gasteiger partial charge in [-0.1, -0.05) is 44.2 Å². The van der Waals surface area contributed by atoms with Crippen molar-refractivity contribution in [1.29, 1.82) is 0 Å². The fraction of sp³-hybridized carbons (Fsp3) is 0.444. The number of likely N-dealkylation sites (tertiary alicyclic amines) is 1. The molecule has 120 valence electrons. The molecule has 2 N–H and O–H groups in total. The highest BCUT2D eigenvalue weighted by Crippen LogP contribution is 2.29. The van der Waals surface area contributed by atoms with Crippen LogP contribution in [-0.2, 0) is 6.54 Å². The van der Waals surface area contributed by atoms with Crippen molar-refractivity contribution >= 4 is 12.4 Å². The molecule has 1 aliphatic heterocycles. The molecule has 0 spiro atoms. The van der Waals surface area contributed by atoms with E-state index in [1.54, 1.807) is 0 Å². The fourth-order valence-electron chi connectivity index (χ4n) is 3.06. The van der Waals surface area contributed by atoms with Crippen LogP contribution >= 0.6 is 12.4 Å². The molecular weight excluding hydrogens is 296 g/mol. The second-order valence-corrected chi connectivity index (χ2v) is 6.73. The smallest absolute Gasteiger partial charge is 0.134 e. The molecule has 0 radical (unpaired) electrons. The molecule has 1 aromatic heterocycles. The maximum Gasteiger partial charge on any atom is 0.134 e. The quantitative estimate of drug-likeness (QED) is 0.931. The second-order valence-electron chi connectivity index (χ2n) is 6.73. The Hall–Kier alpha value is -1.29. The summed E-state index contributed by atoms with van der Waals surface area (Å²) < 4.78 is 5.99. The predicted octanol–water partition coefficient (Wildman–Crippen LogP) is 3.93. The lowest BCUT2D eigenvalue weighted by Gasteiger charge is -2.42. The number of nitrogens with two attached hydrogens (primary N) is 1. The summed E-state index contributed by atoms with van der Waals surface area (Å²) in [7, 11) is 0. The maximum absolute atomic E-state index is 6.20. The van der Waals surface area contributed by atoms with Crippen LogP contribution in [0.1, 0.15) is 26.0 Å². The number of piperidine rings is 1. The molecule has 3 nitrogen and oxygen atoms in total. The second kappa shape index (κ2) is 6.86. The monoisotopic (exact) mass is 320 g/mol. The van der Waals surface area contributed by atoms with Gasteiger partial charge in [0.15, 0.2) is 0 Å². The van der Waals surface area contributed by atoms with Crippen molar-refractivity contribution in [2.45, 2.75) is 32.9 Å². The number of halogens is 1. The van der Waals surface area contributed by atoms with Gasteiger partial charge in [-0.25, -0.2) is 0 Å². The Morgan fingerprint density at radius 3 is 2.59 bits per heavy atom. The summed E-state index contributed by atoms with van der Waals surface area (Å²) in [6, 6.07) is 14.7. The first-order chi connectivity index (χ1) is 10.0. The van der Waals surface area contributed by atoms with E-state index in [-0.39, 0.29) is 17.8 Å². The minimum atomic E-state index is 0. The summed E-state index contributed by atoms with van der Waals surface area (Å²) in [5, 5.41) is 0. The molecule has 1 aromatic carbocycles. The number of benzene rings is 1. The van der Waals surface area contributed by atoms with E-state index in [2.05, 4.69) is 43.0 Å². The van der Waals surface area contributed by atoms with Gasteiger partial charge < -0.3 is 10.2 Å². The lowest BCUT2D eigenvalue weighted by molar-refractivity contribution is 0.0846. The highest BCUT2D eigenvalue weighted by atomic mass is 35.5. The predicted molar refractivity (Wildman–Crippen MR) is 93.0 cm³/mol. The van der Waals surface area contributed by atoms with Crippen molar-refractivity contribution in [2.75, 3.05) is 13.1 Å². The van der Waals surface area contributed by atoms with Crippen LogP contribution in [0.15, 0.2) is 46.9 Å². The molecule has 2 heterocycles. The molecule has 0 bridgehead atoms. The topological polar surface area (TPSA) is 42.4 Å². The number of hydrogen-bond acceptors (Lipinski definition) is 3. The van der Waals surface area contributed by atoms with Crippen LogP contribution in [0.4, 0.5) is 0 Å². The van der Waals surface area contributed by atoms with E-state index >= 15 is 0 Å². The Morgan fingerprint density at radius 1 is 1.18 bits per heavy atom. The Bertz CT molecular complexity index is 594. The molecule has 0 saturated carbocycles. The van der Waals surface area contributed by atoms with Gasteiger partial charge in [0.05, 0.1) is 6.54 Å². The van der Waals surface area contributed by atoms with Crippen LogP contribution in [0.5, 0.6) is 0 Å². The Balaban J connectivity index is 0.00000176. The van der Waals surface area contributed by atoms with E-state index in [9.17, 15) is 0 Å². The summed E-state index contributed by atoms with van der Waals surface area (Å²) in [6.07, 6.45) is 1.05. The molecule has 1 atom stereocenters. The number of nitrogens with zero attached hydrogens (tertiary/aromatic N) is 1. The minimum absolute atomic E-state index is 0. The summed E-state index contributed by atoms with van der Waals surface area (Å²) in [5.74, 6) is 1.97. The number of hydrogen-bond donors (Lipinski definition) is 1. The van der Waals surface area contributed by atoms with Crippen molar-refractivity contribution in [3.05, 3.63) is 48.2 Å². The molecule has 1 fully saturated rings. The van der Waals surface area contributed by atoms with E-state index in [0.29, 0.717) is 6.04 Å². The van der Waals surface area contributed by atoms with Gasteiger partial charge in [0, 0.05) is 24.7 Å². The zero-order valence-electron chi connectivity index (χ0n) is 13.3. The number of rotatable bonds is 3. The van der Waals surface area contributed by atoms with Crippen molar-refractivity contribution < 1.29 is 4.42 Å². The maximum atomic E-state index is 6.20. The van der Waals surface area contributed by atoms with Gasteiger partial charge in [-0.2, -0.15) is 0 Å². The van der Waals surface area contributed by atoms with E-state index < -0.39 is 0 Å². The molecule has 1 saturated heterocycles. The molecule has 3 rings (SSSR count). The summed E-state index contributed by atoms with van der Waals surface area (Å²) in [5.41, 5.74) is 7.50. The van der Waals surface area contributed by atoms with Gasteiger partial charge in [0.2, 0.25) is 0 Å². The summed E-state index contributed by atoms with van der Waals surface area (Å²) in [4.78, 5) is 2.44. The molecular formula is C18H25ClN2O. The molecule has 1 aliphatic rings. The van der Waals surface area contributed by atoms with Crippen LogP contribution in [0.25, 0.3) is 11.3 Å². The highest BCUT2D eigenvalue weighted by molar-refractivity contribution is 5.85. The van der Waals surface area contributed by atoms with Crippen molar-refractivity contribution in [2.24, 2.45) is 11.1 Å². The molecule has 22 heavy (non-hydrogen) atoms. The van der Waals surface area contributed by atoms with Crippen LogP contribution in [0.2, 0.25) is 0 Å². The molecule has 4 heteroatoms. The van der Waals surface area contributed by atoms with Crippen LogP contribution in [0, 0.1) is 5.41 Å².